The summed E-state index contributed by atoms with van der Waals surface area (Å²) in [7, 11) is 0. The summed E-state index contributed by atoms with van der Waals surface area (Å²) in [6.07, 6.45) is 8.30. The monoisotopic (exact) mass is 266 g/mol. The van der Waals surface area contributed by atoms with Gasteiger partial charge in [0, 0.05) is 6.42 Å². The molecule has 0 spiro atoms. The molecule has 0 amide bonds. The van der Waals surface area contributed by atoms with Gasteiger partial charge in [-0.1, -0.05) is 38.5 Å². The molecule has 0 unspecified atom stereocenters. The van der Waals surface area contributed by atoms with Crippen LogP contribution in [0.4, 0.5) is 0 Å². The first kappa shape index (κ1) is 14.0. The molecule has 1 aromatic heterocycles. The van der Waals surface area contributed by atoms with Crippen molar-refractivity contribution in [2.75, 3.05) is 0 Å². The molecule has 6 heteroatoms. The highest BCUT2D eigenvalue weighted by molar-refractivity contribution is 5.75. The van der Waals surface area contributed by atoms with Gasteiger partial charge in [-0.25, -0.2) is 9.48 Å². The third-order valence-corrected chi connectivity index (χ3v) is 4.03. The van der Waals surface area contributed by atoms with Gasteiger partial charge in [0.2, 0.25) is 0 Å². The Bertz CT molecular complexity index is 434. The van der Waals surface area contributed by atoms with Crippen LogP contribution < -0.4 is 0 Å². The Kier molecular flexibility index (Phi) is 4.17. The van der Waals surface area contributed by atoms with E-state index < -0.39 is 11.5 Å². The lowest BCUT2D eigenvalue weighted by atomic mass is 9.95. The summed E-state index contributed by atoms with van der Waals surface area (Å²) >= 11 is 0. The fraction of sp³-hybridized carbons (Fsp3) is 0.846. The lowest BCUT2D eigenvalue weighted by molar-refractivity contribution is -0.146. The standard InChI is InChI=1S/C13H22N4O2/c1-13(2,12(18)19)17-11(14-15-16-17)9-10-7-5-3-4-6-8-10/h10H,3-9H2,1-2H3,(H,18,19). The van der Waals surface area contributed by atoms with Crippen LogP contribution in [0.5, 0.6) is 0 Å². The van der Waals surface area contributed by atoms with E-state index in [-0.39, 0.29) is 0 Å². The molecule has 1 aliphatic rings. The Morgan fingerprint density at radius 3 is 2.53 bits per heavy atom. The summed E-state index contributed by atoms with van der Waals surface area (Å²) in [5.41, 5.74) is -1.09. The summed E-state index contributed by atoms with van der Waals surface area (Å²) < 4.78 is 1.46. The van der Waals surface area contributed by atoms with Gasteiger partial charge in [0.05, 0.1) is 0 Å². The Balaban J connectivity index is 2.13. The first-order valence-corrected chi connectivity index (χ1v) is 7.03. The van der Waals surface area contributed by atoms with Gasteiger partial charge in [-0.15, -0.1) is 5.10 Å². The van der Waals surface area contributed by atoms with Crippen LogP contribution in [0.2, 0.25) is 0 Å². The molecule has 0 aromatic carbocycles. The largest absolute Gasteiger partial charge is 0.479 e. The molecule has 19 heavy (non-hydrogen) atoms. The van der Waals surface area contributed by atoms with E-state index in [4.69, 9.17) is 0 Å². The zero-order valence-electron chi connectivity index (χ0n) is 11.7. The van der Waals surface area contributed by atoms with Crippen molar-refractivity contribution in [3.8, 4) is 0 Å². The second-order valence-corrected chi connectivity index (χ2v) is 5.93. The molecule has 1 aromatic rings. The van der Waals surface area contributed by atoms with Crippen LogP contribution in [0.25, 0.3) is 0 Å². The lowest BCUT2D eigenvalue weighted by Gasteiger charge is -2.22. The van der Waals surface area contributed by atoms with Crippen molar-refractivity contribution in [1.29, 1.82) is 0 Å². The fourth-order valence-electron chi connectivity index (χ4n) is 2.68. The predicted octanol–water partition coefficient (Wildman–Crippen LogP) is 2.01. The van der Waals surface area contributed by atoms with Crippen LogP contribution in [0.1, 0.15) is 58.2 Å². The number of tetrazole rings is 1. The zero-order valence-corrected chi connectivity index (χ0v) is 11.7. The molecule has 1 heterocycles. The van der Waals surface area contributed by atoms with E-state index in [2.05, 4.69) is 15.5 Å². The number of nitrogens with zero attached hydrogens (tertiary/aromatic N) is 4. The number of aliphatic carboxylic acids is 1. The van der Waals surface area contributed by atoms with Crippen molar-refractivity contribution in [3.63, 3.8) is 0 Å². The highest BCUT2D eigenvalue weighted by Crippen LogP contribution is 2.26. The zero-order chi connectivity index (χ0) is 13.9. The molecular weight excluding hydrogens is 244 g/mol. The summed E-state index contributed by atoms with van der Waals surface area (Å²) in [4.78, 5) is 11.3. The summed E-state index contributed by atoms with van der Waals surface area (Å²) in [6.45, 7) is 3.25. The van der Waals surface area contributed by atoms with Gasteiger partial charge in [0.1, 0.15) is 0 Å². The third-order valence-electron chi connectivity index (χ3n) is 4.03. The average molecular weight is 266 g/mol. The SMILES string of the molecule is CC(C)(C(=O)O)n1nnnc1CC1CCCCCC1. The van der Waals surface area contributed by atoms with Gasteiger partial charge in [0.25, 0.3) is 0 Å². The smallest absolute Gasteiger partial charge is 0.331 e. The maximum atomic E-state index is 11.3. The highest BCUT2D eigenvalue weighted by atomic mass is 16.4. The molecular formula is C13H22N4O2. The van der Waals surface area contributed by atoms with Gasteiger partial charge in [-0.05, 0) is 30.2 Å². The molecule has 0 aliphatic heterocycles. The van der Waals surface area contributed by atoms with E-state index in [0.29, 0.717) is 11.7 Å². The minimum absolute atomic E-state index is 0.580. The molecule has 1 N–H and O–H groups in total. The van der Waals surface area contributed by atoms with Gasteiger partial charge in [-0.3, -0.25) is 0 Å². The van der Waals surface area contributed by atoms with E-state index in [1.54, 1.807) is 13.8 Å². The van der Waals surface area contributed by atoms with Crippen LogP contribution >= 0.6 is 0 Å². The molecule has 6 nitrogen and oxygen atoms in total. The minimum Gasteiger partial charge on any atom is -0.479 e. The number of carbonyl (C=O) groups is 1. The van der Waals surface area contributed by atoms with Gasteiger partial charge >= 0.3 is 5.97 Å². The second-order valence-electron chi connectivity index (χ2n) is 5.93. The van der Waals surface area contributed by atoms with E-state index >= 15 is 0 Å². The van der Waals surface area contributed by atoms with Crippen LogP contribution in [0, 0.1) is 5.92 Å². The third kappa shape index (κ3) is 3.11. The van der Waals surface area contributed by atoms with Crippen molar-refractivity contribution < 1.29 is 9.90 Å². The predicted molar refractivity (Wildman–Crippen MR) is 69.7 cm³/mol. The van der Waals surface area contributed by atoms with Gasteiger partial charge in [-0.2, -0.15) is 0 Å². The van der Waals surface area contributed by atoms with E-state index in [0.717, 1.165) is 6.42 Å². The van der Waals surface area contributed by atoms with Crippen molar-refractivity contribution in [2.45, 2.75) is 64.3 Å². The number of carboxylic acid groups (broad SMARTS) is 1. The second kappa shape index (κ2) is 5.67. The quantitative estimate of drug-likeness (QED) is 0.843. The Hall–Kier alpha value is -1.46. The lowest BCUT2D eigenvalue weighted by Crippen LogP contribution is -2.38. The molecule has 1 saturated carbocycles. The Morgan fingerprint density at radius 2 is 1.95 bits per heavy atom. The van der Waals surface area contributed by atoms with Crippen molar-refractivity contribution >= 4 is 5.97 Å². The summed E-state index contributed by atoms with van der Waals surface area (Å²) in [6, 6.07) is 0. The number of hydrogen-bond donors (Lipinski definition) is 1. The normalized spacial score (nSPS) is 18.2. The Morgan fingerprint density at radius 1 is 1.32 bits per heavy atom. The molecule has 0 radical (unpaired) electrons. The summed E-state index contributed by atoms with van der Waals surface area (Å²) in [5, 5.41) is 20.8. The van der Waals surface area contributed by atoms with Crippen molar-refractivity contribution in [2.24, 2.45) is 5.92 Å². The van der Waals surface area contributed by atoms with Crippen molar-refractivity contribution in [1.82, 2.24) is 20.2 Å². The molecule has 0 atom stereocenters. The molecule has 2 rings (SSSR count). The number of hydrogen-bond acceptors (Lipinski definition) is 4. The van der Waals surface area contributed by atoms with Crippen LogP contribution in [0.3, 0.4) is 0 Å². The highest BCUT2D eigenvalue weighted by Gasteiger charge is 2.33. The topological polar surface area (TPSA) is 80.9 Å². The number of aromatic nitrogens is 4. The maximum Gasteiger partial charge on any atom is 0.331 e. The average Bonchev–Trinajstić information content (AvgIpc) is 2.66. The molecule has 1 fully saturated rings. The van der Waals surface area contributed by atoms with Crippen LogP contribution in [-0.2, 0) is 16.8 Å². The van der Waals surface area contributed by atoms with E-state index in [1.807, 2.05) is 0 Å². The molecule has 1 aliphatic carbocycles. The van der Waals surface area contributed by atoms with Gasteiger partial charge in [0.15, 0.2) is 11.4 Å². The fourth-order valence-corrected chi connectivity index (χ4v) is 2.68. The van der Waals surface area contributed by atoms with Gasteiger partial charge < -0.3 is 5.11 Å². The number of rotatable bonds is 4. The molecule has 0 saturated heterocycles. The summed E-state index contributed by atoms with van der Waals surface area (Å²) in [5.74, 6) is 0.359. The van der Waals surface area contributed by atoms with Crippen LogP contribution in [-0.4, -0.2) is 31.3 Å². The number of carboxylic acids is 1. The molecule has 0 bridgehead atoms. The van der Waals surface area contributed by atoms with Crippen molar-refractivity contribution in [3.05, 3.63) is 5.82 Å². The first-order valence-electron chi connectivity index (χ1n) is 7.03. The molecule has 106 valence electrons. The maximum absolute atomic E-state index is 11.3. The first-order chi connectivity index (χ1) is 9.01. The van der Waals surface area contributed by atoms with E-state index in [1.165, 1.54) is 43.2 Å². The minimum atomic E-state index is -1.09. The Labute approximate surface area is 113 Å². The van der Waals surface area contributed by atoms with Crippen LogP contribution in [0.15, 0.2) is 0 Å². The van der Waals surface area contributed by atoms with E-state index in [9.17, 15) is 9.90 Å².